The van der Waals surface area contributed by atoms with Gasteiger partial charge in [-0.2, -0.15) is 12.6 Å². The molecule has 4 amide bonds. The Bertz CT molecular complexity index is 779. The van der Waals surface area contributed by atoms with Crippen molar-refractivity contribution in [3.8, 4) is 0 Å². The van der Waals surface area contributed by atoms with Crippen LogP contribution in [-0.2, 0) is 24.0 Å². The molecule has 0 bridgehead atoms. The van der Waals surface area contributed by atoms with Gasteiger partial charge in [0.15, 0.2) is 5.96 Å². The number of carbonyl (C=O) groups is 5. The average Bonchev–Trinajstić information content (AvgIpc) is 2.81. The van der Waals surface area contributed by atoms with Gasteiger partial charge in [0, 0.05) is 18.7 Å². The molecule has 0 spiro atoms. The summed E-state index contributed by atoms with van der Waals surface area (Å²) in [4.78, 5) is 64.4. The van der Waals surface area contributed by atoms with E-state index in [4.69, 9.17) is 28.7 Å². The average molecular weight is 534 g/mol. The van der Waals surface area contributed by atoms with Crippen molar-refractivity contribution < 1.29 is 29.1 Å². The predicted octanol–water partition coefficient (Wildman–Crippen LogP) is -3.77. The summed E-state index contributed by atoms with van der Waals surface area (Å²) in [6.07, 6.45) is 1.60. The summed E-state index contributed by atoms with van der Waals surface area (Å²) < 4.78 is 0. The van der Waals surface area contributed by atoms with Crippen molar-refractivity contribution >= 4 is 48.2 Å². The van der Waals surface area contributed by atoms with Crippen LogP contribution in [0.25, 0.3) is 0 Å². The van der Waals surface area contributed by atoms with Gasteiger partial charge < -0.3 is 49.7 Å². The van der Waals surface area contributed by atoms with Crippen LogP contribution in [-0.4, -0.2) is 83.7 Å². The lowest BCUT2D eigenvalue weighted by Crippen LogP contribution is -2.57. The molecule has 0 aliphatic heterocycles. The van der Waals surface area contributed by atoms with Gasteiger partial charge in [-0.3, -0.25) is 24.2 Å². The van der Waals surface area contributed by atoms with E-state index < -0.39 is 53.8 Å². The number of aliphatic carboxylic acids is 1. The molecule has 16 heteroatoms. The maximum atomic E-state index is 12.8. The number of thiol groups is 1. The van der Waals surface area contributed by atoms with Crippen LogP contribution in [0.2, 0.25) is 0 Å². The SMILES string of the molecule is NCCCC[C@H](N)C(=O)N[C@@H](CCC(N)=O)C(=O)N[C@@H](CS)C(=O)N[C@@H](CCCN=C(N)N)C(=O)O. The second-order valence-electron chi connectivity index (χ2n) is 8.05. The minimum absolute atomic E-state index is 0.0322. The molecule has 0 radical (unpaired) electrons. The number of carboxylic acids is 1. The van der Waals surface area contributed by atoms with Crippen molar-refractivity contribution in [2.24, 2.45) is 33.7 Å². The van der Waals surface area contributed by atoms with Gasteiger partial charge in [0.2, 0.25) is 23.6 Å². The van der Waals surface area contributed by atoms with Crippen molar-refractivity contribution in [1.82, 2.24) is 16.0 Å². The largest absolute Gasteiger partial charge is 0.480 e. The van der Waals surface area contributed by atoms with Gasteiger partial charge >= 0.3 is 5.97 Å². The van der Waals surface area contributed by atoms with E-state index in [-0.39, 0.29) is 43.9 Å². The highest BCUT2D eigenvalue weighted by Gasteiger charge is 2.29. The van der Waals surface area contributed by atoms with Crippen LogP contribution in [0.5, 0.6) is 0 Å². The first-order valence-electron chi connectivity index (χ1n) is 11.5. The number of rotatable bonds is 19. The highest BCUT2D eigenvalue weighted by Crippen LogP contribution is 2.04. The lowest BCUT2D eigenvalue weighted by Gasteiger charge is -2.24. The van der Waals surface area contributed by atoms with E-state index in [0.717, 1.165) is 0 Å². The highest BCUT2D eigenvalue weighted by molar-refractivity contribution is 7.80. The first-order valence-corrected chi connectivity index (χ1v) is 12.1. The lowest BCUT2D eigenvalue weighted by molar-refractivity contribution is -0.142. The molecular formula is C20H39N9O6S. The van der Waals surface area contributed by atoms with Gasteiger partial charge in [0.1, 0.15) is 18.1 Å². The highest BCUT2D eigenvalue weighted by atomic mass is 32.1. The number of aliphatic imine (C=N–C) groups is 1. The molecule has 0 aromatic rings. The Labute approximate surface area is 215 Å². The second kappa shape index (κ2) is 18.2. The minimum Gasteiger partial charge on any atom is -0.480 e. The molecule has 0 aromatic carbocycles. The van der Waals surface area contributed by atoms with Crippen LogP contribution in [0.15, 0.2) is 4.99 Å². The van der Waals surface area contributed by atoms with Gasteiger partial charge in [-0.25, -0.2) is 4.79 Å². The molecule has 0 saturated carbocycles. The van der Waals surface area contributed by atoms with E-state index in [9.17, 15) is 29.1 Å². The molecule has 14 N–H and O–H groups in total. The summed E-state index contributed by atoms with van der Waals surface area (Å²) in [6.45, 7) is 0.620. The molecule has 36 heavy (non-hydrogen) atoms. The van der Waals surface area contributed by atoms with Gasteiger partial charge in [-0.1, -0.05) is 6.42 Å². The van der Waals surface area contributed by atoms with Crippen molar-refractivity contribution in [3.05, 3.63) is 0 Å². The molecule has 0 rings (SSSR count). The Hall–Kier alpha value is -3.11. The molecule has 4 atom stereocenters. The maximum Gasteiger partial charge on any atom is 0.326 e. The summed E-state index contributed by atoms with van der Waals surface area (Å²) >= 11 is 4.06. The number of hydrogen-bond donors (Lipinski definition) is 10. The molecule has 0 heterocycles. The number of unbranched alkanes of at least 4 members (excludes halogenated alkanes) is 1. The fourth-order valence-corrected chi connectivity index (χ4v) is 3.23. The first-order chi connectivity index (χ1) is 16.9. The number of carbonyl (C=O) groups excluding carboxylic acids is 4. The van der Waals surface area contributed by atoms with E-state index in [2.05, 4.69) is 33.6 Å². The third kappa shape index (κ3) is 14.3. The van der Waals surface area contributed by atoms with E-state index in [0.29, 0.717) is 25.8 Å². The number of nitrogens with zero attached hydrogens (tertiary/aromatic N) is 1. The van der Waals surface area contributed by atoms with Crippen LogP contribution < -0.4 is 44.6 Å². The molecule has 0 fully saturated rings. The molecule has 0 unspecified atom stereocenters. The topological polar surface area (TPSA) is 284 Å². The Morgan fingerprint density at radius 2 is 1.39 bits per heavy atom. The summed E-state index contributed by atoms with van der Waals surface area (Å²) in [7, 11) is 0. The summed E-state index contributed by atoms with van der Waals surface area (Å²) in [5.41, 5.74) is 26.9. The van der Waals surface area contributed by atoms with Crippen molar-refractivity contribution in [1.29, 1.82) is 0 Å². The Morgan fingerprint density at radius 3 is 1.92 bits per heavy atom. The Morgan fingerprint density at radius 1 is 0.806 bits per heavy atom. The number of guanidine groups is 1. The van der Waals surface area contributed by atoms with E-state index in [1.54, 1.807) is 0 Å². The van der Waals surface area contributed by atoms with E-state index >= 15 is 0 Å². The number of primary amides is 1. The normalized spacial score (nSPS) is 14.0. The third-order valence-electron chi connectivity index (χ3n) is 4.99. The smallest absolute Gasteiger partial charge is 0.326 e. The number of hydrogen-bond acceptors (Lipinski definition) is 9. The summed E-state index contributed by atoms with van der Waals surface area (Å²) in [5, 5.41) is 16.6. The fraction of sp³-hybridized carbons (Fsp3) is 0.700. The van der Waals surface area contributed by atoms with Gasteiger partial charge in [-0.05, 0) is 38.6 Å². The maximum absolute atomic E-state index is 12.8. The standard InChI is InChI=1S/C20H39N9O6S/c21-8-2-1-4-11(22)16(31)27-12(6-7-15(23)30)17(32)29-14(10-36)18(33)28-13(19(34)35)5-3-9-26-20(24)25/h11-14,36H,1-10,21-22H2,(H2,23,30)(H,27,31)(H,28,33)(H,29,32)(H,34,35)(H4,24,25,26)/t11-,12-,13-,14-/m0/s1. The number of amides is 4. The predicted molar refractivity (Wildman–Crippen MR) is 137 cm³/mol. The molecule has 0 aliphatic rings. The van der Waals surface area contributed by atoms with Gasteiger partial charge in [0.05, 0.1) is 6.04 Å². The van der Waals surface area contributed by atoms with Crippen molar-refractivity contribution in [3.63, 3.8) is 0 Å². The summed E-state index contributed by atoms with van der Waals surface area (Å²) in [5.74, 6) is -4.49. The van der Waals surface area contributed by atoms with Crippen LogP contribution in [0, 0.1) is 0 Å². The summed E-state index contributed by atoms with van der Waals surface area (Å²) in [6, 6.07) is -4.61. The molecule has 0 saturated heterocycles. The van der Waals surface area contributed by atoms with Crippen LogP contribution >= 0.6 is 12.6 Å². The monoisotopic (exact) mass is 533 g/mol. The number of nitrogens with two attached hydrogens (primary N) is 5. The molecule has 0 aromatic heterocycles. The number of carboxylic acid groups (broad SMARTS) is 1. The fourth-order valence-electron chi connectivity index (χ4n) is 2.97. The lowest BCUT2D eigenvalue weighted by atomic mass is 10.1. The zero-order valence-corrected chi connectivity index (χ0v) is 21.0. The van der Waals surface area contributed by atoms with Crippen molar-refractivity contribution in [2.45, 2.75) is 69.1 Å². The van der Waals surface area contributed by atoms with E-state index in [1.165, 1.54) is 0 Å². The molecular weight excluding hydrogens is 494 g/mol. The van der Waals surface area contributed by atoms with Crippen LogP contribution in [0.4, 0.5) is 0 Å². The molecule has 206 valence electrons. The van der Waals surface area contributed by atoms with Gasteiger partial charge in [-0.15, -0.1) is 0 Å². The van der Waals surface area contributed by atoms with Gasteiger partial charge in [0.25, 0.3) is 0 Å². The van der Waals surface area contributed by atoms with Crippen molar-refractivity contribution in [2.75, 3.05) is 18.8 Å². The molecule has 15 nitrogen and oxygen atoms in total. The zero-order valence-electron chi connectivity index (χ0n) is 20.2. The third-order valence-corrected chi connectivity index (χ3v) is 5.36. The quantitative estimate of drug-likeness (QED) is 0.0334. The minimum atomic E-state index is -1.28. The number of nitrogens with one attached hydrogen (secondary N) is 3. The Balaban J connectivity index is 5.21. The second-order valence-corrected chi connectivity index (χ2v) is 8.41. The Kier molecular flexibility index (Phi) is 16.6. The van der Waals surface area contributed by atoms with Crippen LogP contribution in [0.3, 0.4) is 0 Å². The van der Waals surface area contributed by atoms with Crippen LogP contribution in [0.1, 0.15) is 44.9 Å². The van der Waals surface area contributed by atoms with E-state index in [1.807, 2.05) is 0 Å². The zero-order chi connectivity index (χ0) is 27.7. The molecule has 0 aliphatic carbocycles. The first kappa shape index (κ1) is 32.9.